The zero-order chi connectivity index (χ0) is 31.8. The standard InChI is InChI=1S/C31H44ClN3O7S/c1-4-6-7-8-9-10-11-12-13-14-19-42-23-15-17-24(18-16-23)43(40,41)29(5-2)31(38)33-26-21-28(36)27(20-25(26)32)34-30(37)22(3)35-39/h15-18,20-22,29,36H,4-14,19H2,1-3H3,(H,33,38)(H,34,37). The number of benzene rings is 2. The molecule has 0 radical (unpaired) electrons. The molecule has 10 nitrogen and oxygen atoms in total. The number of halogens is 1. The van der Waals surface area contributed by atoms with Crippen molar-refractivity contribution in [2.75, 3.05) is 17.2 Å². The number of carbonyl (C=O) groups excluding carboxylic acids is 2. The number of amides is 2. The average molecular weight is 638 g/mol. The van der Waals surface area contributed by atoms with E-state index in [4.69, 9.17) is 16.3 Å². The summed E-state index contributed by atoms with van der Waals surface area (Å²) in [7, 11) is -4.06. The van der Waals surface area contributed by atoms with Gasteiger partial charge in [-0.25, -0.2) is 8.42 Å². The van der Waals surface area contributed by atoms with Gasteiger partial charge >= 0.3 is 0 Å². The first-order chi connectivity index (χ1) is 20.5. The Kier molecular flexibility index (Phi) is 15.5. The molecule has 2 amide bonds. The molecule has 3 N–H and O–H groups in total. The molecule has 0 bridgehead atoms. The Balaban J connectivity index is 1.91. The minimum Gasteiger partial charge on any atom is -0.506 e. The van der Waals surface area contributed by atoms with Crippen LogP contribution in [-0.2, 0) is 19.4 Å². The van der Waals surface area contributed by atoms with Gasteiger partial charge in [0, 0.05) is 6.07 Å². The van der Waals surface area contributed by atoms with Gasteiger partial charge in [-0.1, -0.05) is 88.4 Å². The molecule has 0 aromatic heterocycles. The number of ether oxygens (including phenoxy) is 1. The smallest absolute Gasteiger partial charge is 0.252 e. The SMILES string of the molecule is CCCCCCCCCCCCOc1ccc(S(=O)(=O)C(CC)C(=O)Nc2cc(O)c(NC(=O)C(C)N=O)cc2Cl)cc1. The van der Waals surface area contributed by atoms with Crippen LogP contribution in [0.1, 0.15) is 91.4 Å². The number of nitrogens with one attached hydrogen (secondary N) is 2. The van der Waals surface area contributed by atoms with Crippen LogP contribution in [0.25, 0.3) is 0 Å². The highest BCUT2D eigenvalue weighted by Gasteiger charge is 2.33. The Morgan fingerprint density at radius 2 is 1.44 bits per heavy atom. The molecular weight excluding hydrogens is 594 g/mol. The van der Waals surface area contributed by atoms with E-state index in [2.05, 4.69) is 22.7 Å². The van der Waals surface area contributed by atoms with Crippen molar-refractivity contribution < 1.29 is 27.9 Å². The summed E-state index contributed by atoms with van der Waals surface area (Å²) in [6, 6.07) is 7.06. The maximum Gasteiger partial charge on any atom is 0.252 e. The molecule has 238 valence electrons. The molecule has 0 aliphatic heterocycles. The molecule has 0 aliphatic rings. The van der Waals surface area contributed by atoms with Gasteiger partial charge in [0.2, 0.25) is 5.91 Å². The number of hydrogen-bond acceptors (Lipinski definition) is 8. The number of phenols is 1. The van der Waals surface area contributed by atoms with Gasteiger partial charge in [-0.05, 0) is 50.1 Å². The van der Waals surface area contributed by atoms with Gasteiger partial charge < -0.3 is 20.5 Å². The van der Waals surface area contributed by atoms with E-state index in [0.29, 0.717) is 12.4 Å². The predicted octanol–water partition coefficient (Wildman–Crippen LogP) is 7.63. The molecule has 0 saturated heterocycles. The quantitative estimate of drug-likeness (QED) is 0.0767. The zero-order valence-corrected chi connectivity index (χ0v) is 26.8. The number of phenolic OH excluding ortho intramolecular Hbond substituents is 1. The molecule has 12 heteroatoms. The van der Waals surface area contributed by atoms with Crippen molar-refractivity contribution >= 4 is 44.6 Å². The van der Waals surface area contributed by atoms with Crippen LogP contribution in [0.3, 0.4) is 0 Å². The Bertz CT molecular complexity index is 1300. The second kappa shape index (κ2) is 18.5. The molecule has 0 saturated carbocycles. The average Bonchev–Trinajstić information content (AvgIpc) is 2.98. The summed E-state index contributed by atoms with van der Waals surface area (Å²) in [6.45, 7) is 5.62. The summed E-state index contributed by atoms with van der Waals surface area (Å²) in [5, 5.41) is 16.2. The van der Waals surface area contributed by atoms with Crippen molar-refractivity contribution in [3.05, 3.63) is 46.3 Å². The highest BCUT2D eigenvalue weighted by molar-refractivity contribution is 7.92. The van der Waals surface area contributed by atoms with Crippen LogP contribution in [0, 0.1) is 4.91 Å². The number of hydrogen-bond donors (Lipinski definition) is 3. The van der Waals surface area contributed by atoms with Crippen LogP contribution < -0.4 is 15.4 Å². The second-order valence-electron chi connectivity index (χ2n) is 10.6. The van der Waals surface area contributed by atoms with Crippen LogP contribution in [-0.4, -0.2) is 43.2 Å². The highest BCUT2D eigenvalue weighted by atomic mass is 35.5. The van der Waals surface area contributed by atoms with Crippen LogP contribution in [0.15, 0.2) is 46.5 Å². The first-order valence-corrected chi connectivity index (χ1v) is 16.9. The van der Waals surface area contributed by atoms with Crippen molar-refractivity contribution in [3.63, 3.8) is 0 Å². The monoisotopic (exact) mass is 637 g/mol. The number of aromatic hydroxyl groups is 1. The molecule has 0 heterocycles. The van der Waals surface area contributed by atoms with Crippen LogP contribution >= 0.6 is 11.6 Å². The van der Waals surface area contributed by atoms with E-state index in [9.17, 15) is 28.0 Å². The maximum atomic E-state index is 13.3. The number of carbonyl (C=O) groups is 2. The summed E-state index contributed by atoms with van der Waals surface area (Å²) in [5.41, 5.74) is -0.147. The lowest BCUT2D eigenvalue weighted by atomic mass is 10.1. The molecule has 0 spiro atoms. The van der Waals surface area contributed by atoms with Crippen molar-refractivity contribution in [1.82, 2.24) is 0 Å². The molecule has 2 unspecified atom stereocenters. The topological polar surface area (TPSA) is 151 Å². The summed E-state index contributed by atoms with van der Waals surface area (Å²) in [5.74, 6) is -1.48. The zero-order valence-electron chi connectivity index (χ0n) is 25.2. The number of nitroso groups, excluding NO2 is 1. The fourth-order valence-electron chi connectivity index (χ4n) is 4.47. The summed E-state index contributed by atoms with van der Waals surface area (Å²) < 4.78 is 32.4. The van der Waals surface area contributed by atoms with E-state index < -0.39 is 38.7 Å². The lowest BCUT2D eigenvalue weighted by molar-refractivity contribution is -0.117. The Labute approximate surface area is 259 Å². The van der Waals surface area contributed by atoms with Gasteiger partial charge in [0.1, 0.15) is 16.7 Å². The molecule has 0 aliphatic carbocycles. The van der Waals surface area contributed by atoms with Crippen molar-refractivity contribution in [2.24, 2.45) is 5.18 Å². The molecular formula is C31H44ClN3O7S. The van der Waals surface area contributed by atoms with Gasteiger partial charge in [0.15, 0.2) is 15.9 Å². The third kappa shape index (κ3) is 11.4. The summed E-state index contributed by atoms with van der Waals surface area (Å²) in [6.07, 6.45) is 12.2. The Morgan fingerprint density at radius 3 is 2.00 bits per heavy atom. The first-order valence-electron chi connectivity index (χ1n) is 15.0. The van der Waals surface area contributed by atoms with Crippen molar-refractivity contribution in [2.45, 2.75) is 108 Å². The second-order valence-corrected chi connectivity index (χ2v) is 13.1. The Hall–Kier alpha value is -3.18. The van der Waals surface area contributed by atoms with Crippen LogP contribution in [0.5, 0.6) is 11.5 Å². The van der Waals surface area contributed by atoms with Gasteiger partial charge in [0.05, 0.1) is 27.9 Å². The van der Waals surface area contributed by atoms with Gasteiger partial charge in [0.25, 0.3) is 5.91 Å². The highest BCUT2D eigenvalue weighted by Crippen LogP contribution is 2.34. The number of sulfone groups is 1. The van der Waals surface area contributed by atoms with E-state index in [0.717, 1.165) is 18.9 Å². The third-order valence-electron chi connectivity index (χ3n) is 7.10. The number of anilines is 2. The molecule has 0 fully saturated rings. The molecule has 2 atom stereocenters. The number of nitrogens with zero attached hydrogens (tertiary/aromatic N) is 1. The van der Waals surface area contributed by atoms with E-state index in [1.165, 1.54) is 76.5 Å². The predicted molar refractivity (Wildman–Crippen MR) is 171 cm³/mol. The summed E-state index contributed by atoms with van der Waals surface area (Å²) >= 11 is 6.22. The third-order valence-corrected chi connectivity index (χ3v) is 9.63. The normalized spacial score (nSPS) is 12.7. The van der Waals surface area contributed by atoms with Gasteiger partial charge in [-0.2, -0.15) is 0 Å². The molecule has 2 rings (SSSR count). The van der Waals surface area contributed by atoms with Gasteiger partial charge in [-0.3, -0.25) is 9.59 Å². The van der Waals surface area contributed by atoms with Crippen molar-refractivity contribution in [1.29, 1.82) is 0 Å². The minimum atomic E-state index is -4.06. The van der Waals surface area contributed by atoms with E-state index >= 15 is 0 Å². The molecule has 2 aromatic rings. The van der Waals surface area contributed by atoms with Crippen molar-refractivity contribution in [3.8, 4) is 11.5 Å². The van der Waals surface area contributed by atoms with Crippen LogP contribution in [0.2, 0.25) is 5.02 Å². The fourth-order valence-corrected chi connectivity index (χ4v) is 6.31. The molecule has 43 heavy (non-hydrogen) atoms. The lowest BCUT2D eigenvalue weighted by Crippen LogP contribution is -2.34. The van der Waals surface area contributed by atoms with E-state index in [1.807, 2.05) is 0 Å². The first kappa shape index (κ1) is 36.0. The largest absolute Gasteiger partial charge is 0.506 e. The van der Waals surface area contributed by atoms with Gasteiger partial charge in [-0.15, -0.1) is 4.91 Å². The maximum absolute atomic E-state index is 13.3. The van der Waals surface area contributed by atoms with E-state index in [1.54, 1.807) is 19.1 Å². The fraction of sp³-hybridized carbons (Fsp3) is 0.548. The van der Waals surface area contributed by atoms with Crippen LogP contribution in [0.4, 0.5) is 11.4 Å². The number of rotatable bonds is 20. The minimum absolute atomic E-state index is 0.0144. The molecule has 2 aromatic carbocycles. The Morgan fingerprint density at radius 1 is 0.884 bits per heavy atom. The summed E-state index contributed by atoms with van der Waals surface area (Å²) in [4.78, 5) is 35.5. The van der Waals surface area contributed by atoms with E-state index in [-0.39, 0.29) is 27.7 Å². The number of unbranched alkanes of at least 4 members (excludes halogenated alkanes) is 9. The lowest BCUT2D eigenvalue weighted by Gasteiger charge is -2.18.